The van der Waals surface area contributed by atoms with E-state index in [0.29, 0.717) is 16.4 Å². The van der Waals surface area contributed by atoms with E-state index >= 15 is 0 Å². The van der Waals surface area contributed by atoms with Gasteiger partial charge in [0.05, 0.1) is 10.2 Å². The van der Waals surface area contributed by atoms with Gasteiger partial charge in [0, 0.05) is 23.6 Å². The third kappa shape index (κ3) is 3.71. The average Bonchev–Trinajstić information content (AvgIpc) is 2.46. The Bertz CT molecular complexity index is 629. The Morgan fingerprint density at radius 2 is 2.05 bits per heavy atom. The van der Waals surface area contributed by atoms with Crippen molar-refractivity contribution in [1.29, 1.82) is 0 Å². The molecule has 0 atom stereocenters. The minimum Gasteiger partial charge on any atom is -0.369 e. The van der Waals surface area contributed by atoms with Crippen LogP contribution in [0.4, 0.5) is 10.2 Å². The van der Waals surface area contributed by atoms with Crippen LogP contribution in [0.25, 0.3) is 0 Å². The molecule has 2 rings (SSSR count). The van der Waals surface area contributed by atoms with Crippen molar-refractivity contribution in [2.45, 2.75) is 26.7 Å². The monoisotopic (exact) mass is 371 g/mol. The molecule has 3 nitrogen and oxygen atoms in total. The SMILES string of the molecule is CCNc1nc(Cc2c(F)cccc2Cl)nc(CC)c1Br. The molecule has 0 saturated heterocycles. The van der Waals surface area contributed by atoms with Gasteiger partial charge in [0.2, 0.25) is 0 Å². The normalized spacial score (nSPS) is 10.7. The minimum absolute atomic E-state index is 0.268. The van der Waals surface area contributed by atoms with Crippen molar-refractivity contribution in [3.63, 3.8) is 0 Å². The summed E-state index contributed by atoms with van der Waals surface area (Å²) in [4.78, 5) is 8.94. The molecular weight excluding hydrogens is 357 g/mol. The van der Waals surface area contributed by atoms with Crippen LogP contribution in [-0.4, -0.2) is 16.5 Å². The van der Waals surface area contributed by atoms with Gasteiger partial charge < -0.3 is 5.32 Å². The largest absolute Gasteiger partial charge is 0.369 e. The Kier molecular flexibility index (Phi) is 5.53. The highest BCUT2D eigenvalue weighted by molar-refractivity contribution is 9.10. The van der Waals surface area contributed by atoms with Gasteiger partial charge in [-0.15, -0.1) is 0 Å². The van der Waals surface area contributed by atoms with Crippen molar-refractivity contribution in [3.05, 3.63) is 50.6 Å². The van der Waals surface area contributed by atoms with E-state index in [2.05, 4.69) is 31.2 Å². The second kappa shape index (κ2) is 7.18. The lowest BCUT2D eigenvalue weighted by molar-refractivity contribution is 0.612. The highest BCUT2D eigenvalue weighted by Gasteiger charge is 2.14. The van der Waals surface area contributed by atoms with E-state index in [4.69, 9.17) is 11.6 Å². The number of halogens is 3. The van der Waals surface area contributed by atoms with Crippen LogP contribution in [0, 0.1) is 5.82 Å². The summed E-state index contributed by atoms with van der Waals surface area (Å²) in [5, 5.41) is 3.57. The molecule has 6 heteroatoms. The van der Waals surface area contributed by atoms with Crippen LogP contribution in [0.2, 0.25) is 5.02 Å². The molecule has 0 saturated carbocycles. The molecule has 2 aromatic rings. The number of rotatable bonds is 5. The number of aryl methyl sites for hydroxylation is 1. The van der Waals surface area contributed by atoms with Crippen LogP contribution in [0.5, 0.6) is 0 Å². The lowest BCUT2D eigenvalue weighted by atomic mass is 10.1. The minimum atomic E-state index is -0.336. The van der Waals surface area contributed by atoms with Crippen LogP contribution in [0.15, 0.2) is 22.7 Å². The quantitative estimate of drug-likeness (QED) is 0.832. The predicted molar refractivity (Wildman–Crippen MR) is 87.5 cm³/mol. The molecule has 0 bridgehead atoms. The number of nitrogens with one attached hydrogen (secondary N) is 1. The van der Waals surface area contributed by atoms with Gasteiger partial charge in [-0.25, -0.2) is 14.4 Å². The van der Waals surface area contributed by atoms with Crippen LogP contribution >= 0.6 is 27.5 Å². The number of anilines is 1. The maximum atomic E-state index is 13.9. The highest BCUT2D eigenvalue weighted by Crippen LogP contribution is 2.26. The summed E-state index contributed by atoms with van der Waals surface area (Å²) in [6.07, 6.45) is 1.03. The molecule has 0 fully saturated rings. The molecule has 112 valence electrons. The zero-order valence-corrected chi connectivity index (χ0v) is 14.2. The van der Waals surface area contributed by atoms with Crippen LogP contribution in [-0.2, 0) is 12.8 Å². The molecule has 1 aromatic carbocycles. The zero-order valence-electron chi connectivity index (χ0n) is 11.9. The average molecular weight is 373 g/mol. The standard InChI is InChI=1S/C15H16BrClFN3/c1-3-12-14(16)15(19-4-2)21-13(20-12)8-9-10(17)6-5-7-11(9)18/h5-7H,3-4,8H2,1-2H3,(H,19,20,21). The summed E-state index contributed by atoms with van der Waals surface area (Å²) in [6.45, 7) is 4.76. The Labute approximate surface area is 137 Å². The number of benzene rings is 1. The first-order chi connectivity index (χ1) is 10.1. The van der Waals surface area contributed by atoms with E-state index in [1.165, 1.54) is 6.07 Å². The van der Waals surface area contributed by atoms with Crippen molar-refractivity contribution in [1.82, 2.24) is 9.97 Å². The first-order valence-corrected chi connectivity index (χ1v) is 7.95. The first kappa shape index (κ1) is 16.2. The van der Waals surface area contributed by atoms with Crippen LogP contribution in [0.1, 0.15) is 30.9 Å². The van der Waals surface area contributed by atoms with E-state index in [9.17, 15) is 4.39 Å². The van der Waals surface area contributed by atoms with Gasteiger partial charge in [0.25, 0.3) is 0 Å². The molecule has 0 amide bonds. The molecular formula is C15H16BrClFN3. The molecule has 0 aliphatic rings. The lowest BCUT2D eigenvalue weighted by Crippen LogP contribution is -2.09. The molecule has 21 heavy (non-hydrogen) atoms. The Hall–Kier alpha value is -1.20. The van der Waals surface area contributed by atoms with E-state index in [1.54, 1.807) is 12.1 Å². The Morgan fingerprint density at radius 3 is 2.67 bits per heavy atom. The summed E-state index contributed by atoms with van der Waals surface area (Å²) in [5.41, 5.74) is 1.31. The third-order valence-electron chi connectivity index (χ3n) is 3.04. The van der Waals surface area contributed by atoms with Gasteiger partial charge in [0.1, 0.15) is 17.5 Å². The van der Waals surface area contributed by atoms with E-state index in [0.717, 1.165) is 29.0 Å². The van der Waals surface area contributed by atoms with Crippen molar-refractivity contribution >= 4 is 33.3 Å². The molecule has 1 aromatic heterocycles. The lowest BCUT2D eigenvalue weighted by Gasteiger charge is -2.12. The fourth-order valence-electron chi connectivity index (χ4n) is 2.00. The molecule has 1 heterocycles. The third-order valence-corrected chi connectivity index (χ3v) is 4.23. The molecule has 1 N–H and O–H groups in total. The van der Waals surface area contributed by atoms with Crippen molar-refractivity contribution in [2.24, 2.45) is 0 Å². The van der Waals surface area contributed by atoms with Crippen LogP contribution in [0.3, 0.4) is 0 Å². The van der Waals surface area contributed by atoms with Crippen molar-refractivity contribution < 1.29 is 4.39 Å². The van der Waals surface area contributed by atoms with E-state index in [1.807, 2.05) is 13.8 Å². The summed E-state index contributed by atoms with van der Waals surface area (Å²) in [6, 6.07) is 4.65. The van der Waals surface area contributed by atoms with Gasteiger partial charge in [-0.2, -0.15) is 0 Å². The van der Waals surface area contributed by atoms with Gasteiger partial charge in [-0.3, -0.25) is 0 Å². The van der Waals surface area contributed by atoms with Gasteiger partial charge >= 0.3 is 0 Å². The molecule has 0 radical (unpaired) electrons. The fourth-order valence-corrected chi connectivity index (χ4v) is 2.83. The smallest absolute Gasteiger partial charge is 0.144 e. The summed E-state index contributed by atoms with van der Waals surface area (Å²) in [5.74, 6) is 0.946. The highest BCUT2D eigenvalue weighted by atomic mass is 79.9. The number of nitrogens with zero attached hydrogens (tertiary/aromatic N) is 2. The summed E-state index contributed by atoms with van der Waals surface area (Å²) in [7, 11) is 0. The van der Waals surface area contributed by atoms with Gasteiger partial charge in [-0.1, -0.05) is 24.6 Å². The van der Waals surface area contributed by atoms with Crippen molar-refractivity contribution in [2.75, 3.05) is 11.9 Å². The molecule has 0 spiro atoms. The second-order valence-electron chi connectivity index (χ2n) is 4.51. The van der Waals surface area contributed by atoms with Gasteiger partial charge in [0.15, 0.2) is 0 Å². The molecule has 0 unspecified atom stereocenters. The zero-order chi connectivity index (χ0) is 15.4. The number of hydrogen-bond acceptors (Lipinski definition) is 3. The van der Waals surface area contributed by atoms with Gasteiger partial charge in [-0.05, 0) is 41.4 Å². The topological polar surface area (TPSA) is 37.8 Å². The Morgan fingerprint density at radius 1 is 1.29 bits per heavy atom. The molecule has 0 aliphatic heterocycles. The number of hydrogen-bond donors (Lipinski definition) is 1. The van der Waals surface area contributed by atoms with Crippen LogP contribution < -0.4 is 5.32 Å². The summed E-state index contributed by atoms with van der Waals surface area (Å²) >= 11 is 9.57. The maximum absolute atomic E-state index is 13.9. The van der Waals surface area contributed by atoms with E-state index < -0.39 is 0 Å². The molecule has 0 aliphatic carbocycles. The Balaban J connectivity index is 2.42. The number of aromatic nitrogens is 2. The van der Waals surface area contributed by atoms with E-state index in [-0.39, 0.29) is 12.2 Å². The maximum Gasteiger partial charge on any atom is 0.144 e. The van der Waals surface area contributed by atoms with Crippen molar-refractivity contribution in [3.8, 4) is 0 Å². The second-order valence-corrected chi connectivity index (χ2v) is 5.71. The first-order valence-electron chi connectivity index (χ1n) is 6.78. The predicted octanol–water partition coefficient (Wildman–Crippen LogP) is 4.62. The summed E-state index contributed by atoms with van der Waals surface area (Å²) < 4.78 is 14.7. The fraction of sp³-hybridized carbons (Fsp3) is 0.333.